The van der Waals surface area contributed by atoms with Gasteiger partial charge in [0.15, 0.2) is 5.82 Å². The second-order valence-electron chi connectivity index (χ2n) is 5.60. The Morgan fingerprint density at radius 1 is 1.17 bits per heavy atom. The van der Waals surface area contributed by atoms with Crippen LogP contribution in [0.15, 0.2) is 30.6 Å². The van der Waals surface area contributed by atoms with Crippen molar-refractivity contribution in [2.24, 2.45) is 0 Å². The molecule has 2 N–H and O–H groups in total. The number of anilines is 1. The molecule has 4 aromatic rings. The minimum Gasteiger partial charge on any atom is -0.495 e. The molecule has 3 aromatic heterocycles. The molecule has 0 saturated heterocycles. The zero-order chi connectivity index (χ0) is 16.1. The summed E-state index contributed by atoms with van der Waals surface area (Å²) in [5.41, 5.74) is 10.2. The summed E-state index contributed by atoms with van der Waals surface area (Å²) in [6.07, 6.45) is 1.48. The van der Waals surface area contributed by atoms with Crippen molar-refractivity contribution in [2.75, 3.05) is 12.8 Å². The average Bonchev–Trinajstić information content (AvgIpc) is 3.09. The molecule has 0 aliphatic rings. The predicted octanol–water partition coefficient (Wildman–Crippen LogP) is 3.82. The number of nitrogen functional groups attached to an aromatic ring is 1. The number of nitrogens with zero attached hydrogens (tertiary/aromatic N) is 3. The molecule has 0 radical (unpaired) electrons. The molecule has 0 bridgehead atoms. The Kier molecular flexibility index (Phi) is 3.02. The monoisotopic (exact) mass is 324 g/mol. The summed E-state index contributed by atoms with van der Waals surface area (Å²) in [4.78, 5) is 5.27. The van der Waals surface area contributed by atoms with E-state index in [2.05, 4.69) is 41.3 Å². The molecule has 1 aromatic carbocycles. The molecule has 6 heteroatoms. The van der Waals surface area contributed by atoms with Gasteiger partial charge in [-0.2, -0.15) is 5.10 Å². The van der Waals surface area contributed by atoms with Crippen molar-refractivity contribution in [3.8, 4) is 16.2 Å². The molecule has 23 heavy (non-hydrogen) atoms. The Balaban J connectivity index is 2.04. The molecular weight excluding hydrogens is 308 g/mol. The molecule has 0 aliphatic carbocycles. The highest BCUT2D eigenvalue weighted by Crippen LogP contribution is 2.41. The van der Waals surface area contributed by atoms with Crippen LogP contribution in [0.4, 0.5) is 5.82 Å². The molecule has 0 atom stereocenters. The minimum absolute atomic E-state index is 0.490. The summed E-state index contributed by atoms with van der Waals surface area (Å²) in [5.74, 6) is 1.39. The number of aryl methyl sites for hydroxylation is 2. The van der Waals surface area contributed by atoms with E-state index >= 15 is 0 Å². The second kappa shape index (κ2) is 4.96. The van der Waals surface area contributed by atoms with E-state index in [1.54, 1.807) is 18.4 Å². The topological polar surface area (TPSA) is 65.4 Å². The first kappa shape index (κ1) is 14.0. The van der Waals surface area contributed by atoms with E-state index in [9.17, 15) is 0 Å². The summed E-state index contributed by atoms with van der Waals surface area (Å²) in [6, 6.07) is 8.51. The number of thiophene rings is 1. The summed E-state index contributed by atoms with van der Waals surface area (Å²) < 4.78 is 8.51. The number of methoxy groups -OCH3 is 1. The van der Waals surface area contributed by atoms with Crippen LogP contribution in [-0.4, -0.2) is 21.7 Å². The van der Waals surface area contributed by atoms with Gasteiger partial charge < -0.3 is 10.5 Å². The van der Waals surface area contributed by atoms with Crippen molar-refractivity contribution >= 4 is 32.8 Å². The fourth-order valence-corrected chi connectivity index (χ4v) is 4.11. The fraction of sp³-hybridized carbons (Fsp3) is 0.176. The lowest BCUT2D eigenvalue weighted by Gasteiger charge is -2.02. The van der Waals surface area contributed by atoms with Crippen molar-refractivity contribution in [1.82, 2.24) is 14.6 Å². The van der Waals surface area contributed by atoms with Crippen LogP contribution >= 0.6 is 11.3 Å². The highest BCUT2D eigenvalue weighted by molar-refractivity contribution is 7.22. The van der Waals surface area contributed by atoms with E-state index in [1.165, 1.54) is 17.3 Å². The van der Waals surface area contributed by atoms with E-state index in [-0.39, 0.29) is 0 Å². The van der Waals surface area contributed by atoms with Gasteiger partial charge in [-0.3, -0.25) is 0 Å². The number of rotatable bonds is 2. The lowest BCUT2D eigenvalue weighted by atomic mass is 10.1. The maximum atomic E-state index is 6.09. The fourth-order valence-electron chi connectivity index (χ4n) is 2.96. The number of aromatic nitrogens is 3. The van der Waals surface area contributed by atoms with Crippen molar-refractivity contribution in [3.63, 3.8) is 0 Å². The van der Waals surface area contributed by atoms with Gasteiger partial charge in [0.05, 0.1) is 11.8 Å². The minimum atomic E-state index is 0.490. The third kappa shape index (κ3) is 2.06. The first-order valence-electron chi connectivity index (χ1n) is 7.26. The van der Waals surface area contributed by atoms with Gasteiger partial charge in [-0.1, -0.05) is 6.07 Å². The largest absolute Gasteiger partial charge is 0.495 e. The number of ether oxygens (including phenoxy) is 1. The van der Waals surface area contributed by atoms with Gasteiger partial charge in [0, 0.05) is 16.1 Å². The van der Waals surface area contributed by atoms with Crippen LogP contribution in [0.5, 0.6) is 5.75 Å². The zero-order valence-electron chi connectivity index (χ0n) is 13.1. The Morgan fingerprint density at radius 3 is 2.78 bits per heavy atom. The quantitative estimate of drug-likeness (QED) is 0.609. The van der Waals surface area contributed by atoms with Gasteiger partial charge in [-0.05, 0) is 43.0 Å². The number of hydrogen-bond acceptors (Lipinski definition) is 5. The third-order valence-electron chi connectivity index (χ3n) is 3.97. The van der Waals surface area contributed by atoms with E-state index in [1.807, 2.05) is 11.4 Å². The van der Waals surface area contributed by atoms with Crippen LogP contribution in [-0.2, 0) is 0 Å². The van der Waals surface area contributed by atoms with Gasteiger partial charge in [-0.15, -0.1) is 11.3 Å². The number of nitrogens with two attached hydrogens (primary N) is 1. The van der Waals surface area contributed by atoms with Crippen LogP contribution in [0.25, 0.3) is 26.0 Å². The zero-order valence-corrected chi connectivity index (χ0v) is 13.9. The lowest BCUT2D eigenvalue weighted by Crippen LogP contribution is -2.00. The number of fused-ring (bicyclic) bond motifs is 2. The Bertz CT molecular complexity index is 1050. The van der Waals surface area contributed by atoms with Crippen LogP contribution in [0, 0.1) is 13.8 Å². The van der Waals surface area contributed by atoms with Gasteiger partial charge in [0.2, 0.25) is 0 Å². The van der Waals surface area contributed by atoms with E-state index < -0.39 is 0 Å². The first-order chi connectivity index (χ1) is 11.1. The van der Waals surface area contributed by atoms with Crippen molar-refractivity contribution < 1.29 is 4.74 Å². The van der Waals surface area contributed by atoms with E-state index in [0.717, 1.165) is 32.1 Å². The van der Waals surface area contributed by atoms with Gasteiger partial charge in [0.25, 0.3) is 0 Å². The lowest BCUT2D eigenvalue weighted by molar-refractivity contribution is 0.420. The highest BCUT2D eigenvalue weighted by atomic mass is 32.1. The normalized spacial score (nSPS) is 11.4. The Hall–Kier alpha value is -2.60. The Labute approximate surface area is 137 Å². The number of hydrogen-bond donors (Lipinski definition) is 1. The van der Waals surface area contributed by atoms with Crippen molar-refractivity contribution in [2.45, 2.75) is 13.8 Å². The molecule has 4 rings (SSSR count). The molecule has 116 valence electrons. The van der Waals surface area contributed by atoms with Crippen molar-refractivity contribution in [1.29, 1.82) is 0 Å². The average molecular weight is 324 g/mol. The number of benzene rings is 1. The molecule has 0 aliphatic heterocycles. The first-order valence-corrected chi connectivity index (χ1v) is 8.07. The maximum absolute atomic E-state index is 6.09. The van der Waals surface area contributed by atoms with Gasteiger partial charge in [0.1, 0.15) is 17.6 Å². The highest BCUT2D eigenvalue weighted by Gasteiger charge is 2.16. The van der Waals surface area contributed by atoms with Crippen LogP contribution in [0.2, 0.25) is 0 Å². The third-order valence-corrected chi connectivity index (χ3v) is 5.17. The smallest absolute Gasteiger partial charge is 0.152 e. The summed E-state index contributed by atoms with van der Waals surface area (Å²) in [5, 5.41) is 5.47. The van der Waals surface area contributed by atoms with E-state index in [4.69, 9.17) is 10.5 Å². The summed E-state index contributed by atoms with van der Waals surface area (Å²) in [7, 11) is 1.71. The van der Waals surface area contributed by atoms with Gasteiger partial charge in [-0.25, -0.2) is 9.50 Å². The SMILES string of the molecule is COc1cc(C)cc2cc(-c3cc(C)n4ncnc(N)c34)sc12. The molecule has 0 fully saturated rings. The Morgan fingerprint density at radius 2 is 2.00 bits per heavy atom. The molecule has 0 unspecified atom stereocenters. The van der Waals surface area contributed by atoms with Gasteiger partial charge >= 0.3 is 0 Å². The van der Waals surface area contributed by atoms with Crippen LogP contribution in [0.1, 0.15) is 11.3 Å². The van der Waals surface area contributed by atoms with Crippen LogP contribution in [0.3, 0.4) is 0 Å². The molecule has 3 heterocycles. The van der Waals surface area contributed by atoms with Crippen LogP contribution < -0.4 is 10.5 Å². The molecule has 0 spiro atoms. The van der Waals surface area contributed by atoms with E-state index in [0.29, 0.717) is 5.82 Å². The van der Waals surface area contributed by atoms with Crippen molar-refractivity contribution in [3.05, 3.63) is 41.9 Å². The molecule has 0 saturated carbocycles. The summed E-state index contributed by atoms with van der Waals surface area (Å²) in [6.45, 7) is 4.09. The standard InChI is InChI=1S/C17H16N4OS/c1-9-4-11-7-14(23-16(11)13(5-9)22-3)12-6-10(2)21-15(12)17(18)19-8-20-21/h4-8H,1-3H3,(H2,18,19,20). The second-order valence-corrected chi connectivity index (χ2v) is 6.65. The molecule has 5 nitrogen and oxygen atoms in total. The summed E-state index contributed by atoms with van der Waals surface area (Å²) >= 11 is 1.70. The maximum Gasteiger partial charge on any atom is 0.152 e. The molecular formula is C17H16N4OS. The predicted molar refractivity (Wildman–Crippen MR) is 94.2 cm³/mol. The molecule has 0 amide bonds.